The molecule has 1 aromatic carbocycles. The Labute approximate surface area is 148 Å². The van der Waals surface area contributed by atoms with Gasteiger partial charge in [0.1, 0.15) is 6.61 Å². The van der Waals surface area contributed by atoms with Crippen molar-refractivity contribution in [2.24, 2.45) is 0 Å². The van der Waals surface area contributed by atoms with Gasteiger partial charge in [0.15, 0.2) is 0 Å². The Hall–Kier alpha value is -2.34. The molecular weight excluding hydrogens is 320 g/mol. The topological polar surface area (TPSA) is 78.9 Å². The molecule has 6 nitrogen and oxygen atoms in total. The maximum absolute atomic E-state index is 13.1. The van der Waals surface area contributed by atoms with Crippen molar-refractivity contribution in [3.05, 3.63) is 41.5 Å². The molecular formula is C19H26N2O4. The highest BCUT2D eigenvalue weighted by Gasteiger charge is 2.29. The van der Waals surface area contributed by atoms with Crippen molar-refractivity contribution >= 4 is 17.7 Å². The average Bonchev–Trinajstić information content (AvgIpc) is 2.62. The molecule has 1 atom stereocenters. The summed E-state index contributed by atoms with van der Waals surface area (Å²) in [6.45, 7) is 7.99. The average molecular weight is 346 g/mol. The Morgan fingerprint density at radius 1 is 1.36 bits per heavy atom. The molecule has 1 aliphatic heterocycles. The molecule has 0 aliphatic carbocycles. The number of nitrogens with zero attached hydrogens (tertiary/aromatic N) is 1. The first-order valence-electron chi connectivity index (χ1n) is 8.55. The normalized spacial score (nSPS) is 17.1. The highest BCUT2D eigenvalue weighted by molar-refractivity contribution is 6.03. The maximum Gasteiger partial charge on any atom is 0.411 e. The molecule has 1 heterocycles. The Morgan fingerprint density at radius 2 is 2.08 bits per heavy atom. The molecule has 136 valence electrons. The van der Waals surface area contributed by atoms with Crippen molar-refractivity contribution in [1.82, 2.24) is 4.90 Å². The molecule has 2 rings (SSSR count). The molecule has 1 saturated heterocycles. The third kappa shape index (κ3) is 4.60. The third-order valence-electron chi connectivity index (χ3n) is 4.53. The van der Waals surface area contributed by atoms with Crippen LogP contribution in [0.2, 0.25) is 0 Å². The number of piperidine rings is 1. The summed E-state index contributed by atoms with van der Waals surface area (Å²) in [7, 11) is 0. The van der Waals surface area contributed by atoms with Crippen molar-refractivity contribution in [3.63, 3.8) is 0 Å². The third-order valence-corrected chi connectivity index (χ3v) is 4.53. The van der Waals surface area contributed by atoms with Crippen LogP contribution in [0.5, 0.6) is 0 Å². The minimum absolute atomic E-state index is 0.0548. The molecule has 2 amide bonds. The molecule has 0 bridgehead atoms. The zero-order valence-corrected chi connectivity index (χ0v) is 14.9. The number of hydrogen-bond donors (Lipinski definition) is 2. The monoisotopic (exact) mass is 346 g/mol. The SMILES string of the molecule is C=CCOC(=O)Nc1cc(C)c(C)cc1C(=O)N1CCCC[C@H]1CO. The zero-order valence-electron chi connectivity index (χ0n) is 14.9. The number of aryl methyl sites for hydroxylation is 2. The molecule has 0 spiro atoms. The van der Waals surface area contributed by atoms with Crippen molar-refractivity contribution < 1.29 is 19.4 Å². The number of aliphatic hydroxyl groups is 1. The zero-order chi connectivity index (χ0) is 18.4. The summed E-state index contributed by atoms with van der Waals surface area (Å²) in [6, 6.07) is 3.38. The number of rotatable bonds is 5. The van der Waals surface area contributed by atoms with E-state index in [4.69, 9.17) is 4.74 Å². The number of carbonyl (C=O) groups is 2. The summed E-state index contributed by atoms with van der Waals surface area (Å²) in [5.41, 5.74) is 2.77. The van der Waals surface area contributed by atoms with Crippen LogP contribution in [0, 0.1) is 13.8 Å². The standard InChI is InChI=1S/C19H26N2O4/c1-4-9-25-19(24)20-17-11-14(3)13(2)10-16(17)18(23)21-8-6-5-7-15(21)12-22/h4,10-11,15,22H,1,5-9,12H2,2-3H3,(H,20,24)/t15-/m0/s1. The highest BCUT2D eigenvalue weighted by Crippen LogP contribution is 2.26. The van der Waals surface area contributed by atoms with Crippen molar-refractivity contribution in [3.8, 4) is 0 Å². The largest absolute Gasteiger partial charge is 0.445 e. The summed E-state index contributed by atoms with van der Waals surface area (Å²) in [5, 5.41) is 12.2. The first-order valence-corrected chi connectivity index (χ1v) is 8.55. The summed E-state index contributed by atoms with van der Waals surface area (Å²) in [4.78, 5) is 26.7. The fourth-order valence-corrected chi connectivity index (χ4v) is 2.99. The van der Waals surface area contributed by atoms with E-state index in [9.17, 15) is 14.7 Å². The van der Waals surface area contributed by atoms with Crippen molar-refractivity contribution in [2.45, 2.75) is 39.2 Å². The number of anilines is 1. The van der Waals surface area contributed by atoms with Gasteiger partial charge in [-0.05, 0) is 56.4 Å². The van der Waals surface area contributed by atoms with Gasteiger partial charge in [0.25, 0.3) is 5.91 Å². The van der Waals surface area contributed by atoms with Gasteiger partial charge in [-0.1, -0.05) is 12.7 Å². The van der Waals surface area contributed by atoms with E-state index in [0.29, 0.717) is 17.8 Å². The lowest BCUT2D eigenvalue weighted by molar-refractivity contribution is 0.0504. The summed E-state index contributed by atoms with van der Waals surface area (Å²) < 4.78 is 4.95. The summed E-state index contributed by atoms with van der Waals surface area (Å²) >= 11 is 0. The lowest BCUT2D eigenvalue weighted by Crippen LogP contribution is -2.45. The molecule has 1 fully saturated rings. The predicted octanol–water partition coefficient (Wildman–Crippen LogP) is 3.02. The van der Waals surface area contributed by atoms with Gasteiger partial charge in [0.05, 0.1) is 23.9 Å². The second-order valence-electron chi connectivity index (χ2n) is 6.32. The quantitative estimate of drug-likeness (QED) is 0.803. The van der Waals surface area contributed by atoms with Gasteiger partial charge in [-0.2, -0.15) is 0 Å². The fraction of sp³-hybridized carbons (Fsp3) is 0.474. The highest BCUT2D eigenvalue weighted by atomic mass is 16.5. The van der Waals surface area contributed by atoms with Crippen LogP contribution in [0.1, 0.15) is 40.7 Å². The van der Waals surface area contributed by atoms with Gasteiger partial charge in [0.2, 0.25) is 0 Å². The number of hydrogen-bond acceptors (Lipinski definition) is 4. The van der Waals surface area contributed by atoms with Gasteiger partial charge >= 0.3 is 6.09 Å². The van der Waals surface area contributed by atoms with Gasteiger partial charge in [-0.3, -0.25) is 10.1 Å². The van der Waals surface area contributed by atoms with Crippen LogP contribution in [0.4, 0.5) is 10.5 Å². The maximum atomic E-state index is 13.1. The first-order chi connectivity index (χ1) is 12.0. The number of amides is 2. The van der Waals surface area contributed by atoms with E-state index >= 15 is 0 Å². The Balaban J connectivity index is 2.31. The van der Waals surface area contributed by atoms with Gasteiger partial charge in [0, 0.05) is 6.54 Å². The molecule has 0 unspecified atom stereocenters. The number of nitrogens with one attached hydrogen (secondary N) is 1. The van der Waals surface area contributed by atoms with Crippen LogP contribution in [-0.2, 0) is 4.74 Å². The van der Waals surface area contributed by atoms with Crippen LogP contribution >= 0.6 is 0 Å². The first kappa shape index (κ1) is 19.0. The van der Waals surface area contributed by atoms with Crippen molar-refractivity contribution in [2.75, 3.05) is 25.1 Å². The molecule has 1 aromatic rings. The molecule has 0 radical (unpaired) electrons. The minimum atomic E-state index is -0.630. The second kappa shape index (κ2) is 8.67. The molecule has 1 aliphatic rings. The minimum Gasteiger partial charge on any atom is -0.445 e. The van der Waals surface area contributed by atoms with Crippen molar-refractivity contribution in [1.29, 1.82) is 0 Å². The van der Waals surface area contributed by atoms with Crippen LogP contribution in [0.15, 0.2) is 24.8 Å². The van der Waals surface area contributed by atoms with E-state index in [1.165, 1.54) is 6.08 Å². The Bertz CT molecular complexity index is 657. The Kier molecular flexibility index (Phi) is 6.58. The number of ether oxygens (including phenoxy) is 1. The van der Waals surface area contributed by atoms with E-state index in [1.807, 2.05) is 13.8 Å². The summed E-state index contributed by atoms with van der Waals surface area (Å²) in [6.07, 6.45) is 3.55. The van der Waals surface area contributed by atoms with E-state index in [-0.39, 0.29) is 25.2 Å². The molecule has 25 heavy (non-hydrogen) atoms. The van der Waals surface area contributed by atoms with E-state index in [0.717, 1.165) is 30.4 Å². The Morgan fingerprint density at radius 3 is 2.76 bits per heavy atom. The molecule has 6 heteroatoms. The number of likely N-dealkylation sites (tertiary alicyclic amines) is 1. The van der Waals surface area contributed by atoms with Gasteiger partial charge in [-0.25, -0.2) is 4.79 Å². The molecule has 0 saturated carbocycles. The lowest BCUT2D eigenvalue weighted by atomic mass is 9.98. The predicted molar refractivity (Wildman–Crippen MR) is 96.8 cm³/mol. The number of benzene rings is 1. The molecule has 2 N–H and O–H groups in total. The van der Waals surface area contributed by atoms with Crippen LogP contribution in [0.3, 0.4) is 0 Å². The van der Waals surface area contributed by atoms with Crippen LogP contribution in [0.25, 0.3) is 0 Å². The van der Waals surface area contributed by atoms with E-state index in [1.54, 1.807) is 17.0 Å². The van der Waals surface area contributed by atoms with Gasteiger partial charge in [-0.15, -0.1) is 0 Å². The smallest absolute Gasteiger partial charge is 0.411 e. The second-order valence-corrected chi connectivity index (χ2v) is 6.32. The lowest BCUT2D eigenvalue weighted by Gasteiger charge is -2.35. The van der Waals surface area contributed by atoms with E-state index < -0.39 is 6.09 Å². The number of aliphatic hydroxyl groups excluding tert-OH is 1. The van der Waals surface area contributed by atoms with Crippen LogP contribution < -0.4 is 5.32 Å². The van der Waals surface area contributed by atoms with Crippen LogP contribution in [-0.4, -0.2) is 47.8 Å². The number of carbonyl (C=O) groups excluding carboxylic acids is 2. The van der Waals surface area contributed by atoms with E-state index in [2.05, 4.69) is 11.9 Å². The summed E-state index contributed by atoms with van der Waals surface area (Å²) in [5.74, 6) is -0.180. The van der Waals surface area contributed by atoms with Gasteiger partial charge < -0.3 is 14.7 Å². The fourth-order valence-electron chi connectivity index (χ4n) is 2.99. The molecule has 0 aromatic heterocycles.